The van der Waals surface area contributed by atoms with Crippen LogP contribution in [0.15, 0.2) is 24.3 Å². The molecule has 0 aliphatic rings. The van der Waals surface area contributed by atoms with E-state index in [2.05, 4.69) is 5.92 Å². The van der Waals surface area contributed by atoms with Crippen molar-refractivity contribution in [1.29, 1.82) is 0 Å². The molecule has 0 fully saturated rings. The zero-order chi connectivity index (χ0) is 8.10. The van der Waals surface area contributed by atoms with Gasteiger partial charge >= 0.3 is 0 Å². The van der Waals surface area contributed by atoms with Crippen LogP contribution in [-0.4, -0.2) is 5.11 Å². The second kappa shape index (κ2) is 3.68. The maximum absolute atomic E-state index is 8.22. The lowest BCUT2D eigenvalue weighted by Crippen LogP contribution is -1.80. The van der Waals surface area contributed by atoms with Crippen LogP contribution in [0.4, 0.5) is 0 Å². The summed E-state index contributed by atoms with van der Waals surface area (Å²) in [5.41, 5.74) is 2.38. The number of hydrogen-bond donors (Lipinski definition) is 1. The van der Waals surface area contributed by atoms with E-state index in [1.165, 1.54) is 5.56 Å². The van der Waals surface area contributed by atoms with E-state index in [1.807, 2.05) is 37.3 Å². The van der Waals surface area contributed by atoms with Crippen LogP contribution in [0.1, 0.15) is 11.1 Å². The molecule has 0 saturated carbocycles. The molecule has 0 amide bonds. The highest BCUT2D eigenvalue weighted by Crippen LogP contribution is 2.02. The van der Waals surface area contributed by atoms with Crippen LogP contribution < -0.4 is 0 Å². The van der Waals surface area contributed by atoms with Gasteiger partial charge in [0.1, 0.15) is 6.11 Å². The average molecular weight is 146 g/mol. The topological polar surface area (TPSA) is 20.2 Å². The summed E-state index contributed by atoms with van der Waals surface area (Å²) in [6.45, 7) is 2.04. The molecule has 0 bridgehead atoms. The van der Waals surface area contributed by atoms with Gasteiger partial charge in [-0.1, -0.05) is 35.7 Å². The first-order valence-electron chi connectivity index (χ1n) is 3.50. The Balaban J connectivity index is 2.71. The Hall–Kier alpha value is -1.42. The summed E-state index contributed by atoms with van der Waals surface area (Å²) in [5.74, 6) is 2.59. The molecular formula is C10H10O. The van der Waals surface area contributed by atoms with Crippen molar-refractivity contribution in [3.05, 3.63) is 35.4 Å². The van der Waals surface area contributed by atoms with Crippen LogP contribution in [0.3, 0.4) is 0 Å². The van der Waals surface area contributed by atoms with E-state index in [4.69, 9.17) is 5.11 Å². The summed E-state index contributed by atoms with van der Waals surface area (Å²) < 4.78 is 0. The first kappa shape index (κ1) is 7.68. The molecule has 1 heteroatoms. The molecule has 1 rings (SSSR count). The van der Waals surface area contributed by atoms with Gasteiger partial charge in [0.25, 0.3) is 0 Å². The van der Waals surface area contributed by atoms with Gasteiger partial charge in [0.05, 0.1) is 0 Å². The molecule has 11 heavy (non-hydrogen) atoms. The van der Waals surface area contributed by atoms with Gasteiger partial charge in [-0.25, -0.2) is 0 Å². The van der Waals surface area contributed by atoms with E-state index in [9.17, 15) is 0 Å². The van der Waals surface area contributed by atoms with Crippen molar-refractivity contribution < 1.29 is 5.11 Å². The lowest BCUT2D eigenvalue weighted by atomic mass is 10.1. The summed E-state index contributed by atoms with van der Waals surface area (Å²) in [6.07, 6.45) is 2.50. The van der Waals surface area contributed by atoms with Crippen molar-refractivity contribution in [3.63, 3.8) is 0 Å². The number of aliphatic hydroxyl groups excluding tert-OH is 1. The van der Waals surface area contributed by atoms with Crippen molar-refractivity contribution in [2.45, 2.75) is 13.3 Å². The van der Waals surface area contributed by atoms with Crippen LogP contribution in [0.2, 0.25) is 0 Å². The van der Waals surface area contributed by atoms with Crippen LogP contribution in [0, 0.1) is 19.0 Å². The van der Waals surface area contributed by atoms with E-state index in [0.717, 1.165) is 5.56 Å². The minimum absolute atomic E-state index is 0.622. The highest BCUT2D eigenvalue weighted by atomic mass is 16.2. The molecule has 0 aromatic heterocycles. The van der Waals surface area contributed by atoms with E-state index < -0.39 is 0 Å². The van der Waals surface area contributed by atoms with Crippen molar-refractivity contribution in [1.82, 2.24) is 0 Å². The van der Waals surface area contributed by atoms with Crippen molar-refractivity contribution >= 4 is 0 Å². The predicted molar refractivity (Wildman–Crippen MR) is 44.6 cm³/mol. The summed E-state index contributed by atoms with van der Waals surface area (Å²) in [4.78, 5) is 0. The number of hydrogen-bond acceptors (Lipinski definition) is 1. The Morgan fingerprint density at radius 2 is 1.91 bits per heavy atom. The first-order chi connectivity index (χ1) is 5.33. The highest BCUT2D eigenvalue weighted by molar-refractivity contribution is 5.24. The van der Waals surface area contributed by atoms with Gasteiger partial charge in [-0.15, -0.1) is 0 Å². The number of aliphatic hydroxyl groups is 1. The number of rotatable bonds is 1. The fraction of sp³-hybridized carbons (Fsp3) is 0.200. The van der Waals surface area contributed by atoms with Gasteiger partial charge in [-0.3, -0.25) is 0 Å². The highest BCUT2D eigenvalue weighted by Gasteiger charge is 1.87. The van der Waals surface area contributed by atoms with Crippen LogP contribution in [-0.2, 0) is 6.42 Å². The molecule has 0 unspecified atom stereocenters. The minimum Gasteiger partial charge on any atom is -0.462 e. The molecule has 0 aliphatic carbocycles. The Labute approximate surface area is 66.7 Å². The summed E-state index contributed by atoms with van der Waals surface area (Å²) in [7, 11) is 0. The molecule has 0 radical (unpaired) electrons. The van der Waals surface area contributed by atoms with Crippen molar-refractivity contribution in [2.24, 2.45) is 0 Å². The molecule has 1 nitrogen and oxygen atoms in total. The Kier molecular flexibility index (Phi) is 2.57. The second-order valence-electron chi connectivity index (χ2n) is 2.45. The summed E-state index contributed by atoms with van der Waals surface area (Å²) >= 11 is 0. The molecule has 1 aromatic carbocycles. The van der Waals surface area contributed by atoms with E-state index >= 15 is 0 Å². The summed E-state index contributed by atoms with van der Waals surface area (Å²) in [5, 5.41) is 8.22. The van der Waals surface area contributed by atoms with E-state index in [0.29, 0.717) is 6.42 Å². The standard InChI is InChI=1S/C10H10O/c1-9-4-6-10(7-5-9)3-2-8-11/h4-7,11H,3H2,1H3. The molecular weight excluding hydrogens is 136 g/mol. The Bertz CT molecular complexity index is 274. The van der Waals surface area contributed by atoms with Crippen LogP contribution >= 0.6 is 0 Å². The monoisotopic (exact) mass is 146 g/mol. The quantitative estimate of drug-likeness (QED) is 0.600. The molecule has 0 heterocycles. The average Bonchev–Trinajstić information content (AvgIpc) is 2.04. The SMILES string of the molecule is Cc1ccc(CC#CO)cc1. The van der Waals surface area contributed by atoms with E-state index in [1.54, 1.807) is 0 Å². The fourth-order valence-corrected chi connectivity index (χ4v) is 0.848. The Morgan fingerprint density at radius 1 is 1.27 bits per heavy atom. The Morgan fingerprint density at radius 3 is 2.45 bits per heavy atom. The molecule has 0 spiro atoms. The fourth-order valence-electron chi connectivity index (χ4n) is 0.848. The zero-order valence-corrected chi connectivity index (χ0v) is 6.46. The van der Waals surface area contributed by atoms with Crippen LogP contribution in [0.5, 0.6) is 0 Å². The predicted octanol–water partition coefficient (Wildman–Crippen LogP) is 1.87. The molecule has 1 aromatic rings. The van der Waals surface area contributed by atoms with Gasteiger partial charge in [-0.05, 0) is 12.5 Å². The van der Waals surface area contributed by atoms with Crippen molar-refractivity contribution in [3.8, 4) is 12.0 Å². The number of aryl methyl sites for hydroxylation is 1. The van der Waals surface area contributed by atoms with E-state index in [-0.39, 0.29) is 0 Å². The van der Waals surface area contributed by atoms with Gasteiger partial charge < -0.3 is 5.11 Å². The third kappa shape index (κ3) is 2.35. The minimum atomic E-state index is 0.622. The first-order valence-corrected chi connectivity index (χ1v) is 3.50. The zero-order valence-electron chi connectivity index (χ0n) is 6.46. The van der Waals surface area contributed by atoms with Gasteiger partial charge in [0, 0.05) is 6.42 Å². The van der Waals surface area contributed by atoms with Gasteiger partial charge in [0.15, 0.2) is 0 Å². The lowest BCUT2D eigenvalue weighted by Gasteiger charge is -1.94. The maximum atomic E-state index is 8.22. The molecule has 0 saturated heterocycles. The molecule has 0 aliphatic heterocycles. The summed E-state index contributed by atoms with van der Waals surface area (Å²) in [6, 6.07) is 8.10. The smallest absolute Gasteiger partial charge is 0.107 e. The number of benzene rings is 1. The normalized spacial score (nSPS) is 8.45. The maximum Gasteiger partial charge on any atom is 0.107 e. The van der Waals surface area contributed by atoms with Gasteiger partial charge in [0.2, 0.25) is 0 Å². The van der Waals surface area contributed by atoms with Crippen LogP contribution in [0.25, 0.3) is 0 Å². The third-order valence-electron chi connectivity index (χ3n) is 1.49. The second-order valence-corrected chi connectivity index (χ2v) is 2.45. The lowest BCUT2D eigenvalue weighted by molar-refractivity contribution is 0.516. The molecule has 1 N–H and O–H groups in total. The molecule has 56 valence electrons. The van der Waals surface area contributed by atoms with Gasteiger partial charge in [-0.2, -0.15) is 0 Å². The molecule has 0 atom stereocenters. The largest absolute Gasteiger partial charge is 0.462 e. The van der Waals surface area contributed by atoms with Crippen molar-refractivity contribution in [2.75, 3.05) is 0 Å². The third-order valence-corrected chi connectivity index (χ3v) is 1.49.